The van der Waals surface area contributed by atoms with Crippen LogP contribution in [0, 0.1) is 23.2 Å². The molecule has 0 radical (unpaired) electrons. The van der Waals surface area contributed by atoms with Crippen molar-refractivity contribution in [3.05, 3.63) is 89.9 Å². The van der Waals surface area contributed by atoms with Crippen molar-refractivity contribution in [3.8, 4) is 29.6 Å². The van der Waals surface area contributed by atoms with E-state index in [9.17, 15) is 0 Å². The summed E-state index contributed by atoms with van der Waals surface area (Å²) in [6.45, 7) is 0. The molecule has 3 aromatic heterocycles. The Bertz CT molecular complexity index is 1520. The summed E-state index contributed by atoms with van der Waals surface area (Å²) in [5, 5.41) is 10.0. The van der Waals surface area contributed by atoms with Crippen LogP contribution in [0.15, 0.2) is 73.2 Å². The average molecular weight is 401 g/mol. The molecule has 2 aromatic carbocycles. The van der Waals surface area contributed by atoms with E-state index in [1.807, 2.05) is 47.0 Å². The molecule has 31 heavy (non-hydrogen) atoms. The minimum atomic E-state index is 0.445. The summed E-state index contributed by atoms with van der Waals surface area (Å²) < 4.78 is 7.48. The number of ether oxygens (including phenoxy) is 1. The lowest BCUT2D eigenvalue weighted by Gasteiger charge is -2.09. The highest BCUT2D eigenvalue weighted by atomic mass is 16.5. The van der Waals surface area contributed by atoms with Crippen molar-refractivity contribution in [2.24, 2.45) is 0 Å². The lowest BCUT2D eigenvalue weighted by atomic mass is 10.1. The second kappa shape index (κ2) is 7.62. The Kier molecular flexibility index (Phi) is 4.51. The molecule has 0 spiro atoms. The summed E-state index contributed by atoms with van der Waals surface area (Å²) in [5.74, 6) is 6.34. The summed E-state index contributed by atoms with van der Waals surface area (Å²) >= 11 is 0. The molecule has 0 aliphatic rings. The van der Waals surface area contributed by atoms with E-state index in [2.05, 4.69) is 32.9 Å². The topological polar surface area (TPSA) is 76.6 Å². The van der Waals surface area contributed by atoms with Crippen LogP contribution in [0.3, 0.4) is 0 Å². The summed E-state index contributed by atoms with van der Waals surface area (Å²) in [6.07, 6.45) is 5.20. The van der Waals surface area contributed by atoms with Gasteiger partial charge in [0.25, 0.3) is 0 Å². The van der Waals surface area contributed by atoms with Crippen molar-refractivity contribution >= 4 is 21.9 Å². The Labute approximate surface area is 178 Å². The predicted molar refractivity (Wildman–Crippen MR) is 118 cm³/mol. The fourth-order valence-electron chi connectivity index (χ4n) is 3.45. The van der Waals surface area contributed by atoms with E-state index >= 15 is 0 Å². The van der Waals surface area contributed by atoms with Gasteiger partial charge in [0, 0.05) is 28.9 Å². The smallest absolute Gasteiger partial charge is 0.301 e. The molecule has 3 heterocycles. The average Bonchev–Trinajstić information content (AvgIpc) is 3.22. The molecule has 0 saturated heterocycles. The van der Waals surface area contributed by atoms with Gasteiger partial charge >= 0.3 is 6.01 Å². The monoisotopic (exact) mass is 401 g/mol. The summed E-state index contributed by atoms with van der Waals surface area (Å²) in [6, 6.07) is 19.6. The standard InChI is InChI=1S/C25H15N5O/c1-31-25-29-23-16-28-22-11-8-17(4-5-19-3-2-12-27-15-19)13-21(22)24(23)30(25)20-9-6-18(14-26)7-10-20/h2-3,6-13,15-16H,1H3. The maximum Gasteiger partial charge on any atom is 0.301 e. The maximum atomic E-state index is 9.12. The third-order valence-corrected chi connectivity index (χ3v) is 4.90. The fraction of sp³-hybridized carbons (Fsp3) is 0.0400. The van der Waals surface area contributed by atoms with E-state index in [0.717, 1.165) is 33.2 Å². The maximum absolute atomic E-state index is 9.12. The number of methoxy groups -OCH3 is 1. The van der Waals surface area contributed by atoms with Gasteiger partial charge in [-0.15, -0.1) is 0 Å². The van der Waals surface area contributed by atoms with Crippen molar-refractivity contribution < 1.29 is 4.74 Å². The van der Waals surface area contributed by atoms with Crippen LogP contribution in [0.2, 0.25) is 0 Å². The van der Waals surface area contributed by atoms with Crippen LogP contribution in [-0.4, -0.2) is 26.6 Å². The highest BCUT2D eigenvalue weighted by molar-refractivity contribution is 6.04. The van der Waals surface area contributed by atoms with Crippen LogP contribution in [0.25, 0.3) is 27.6 Å². The first kappa shape index (κ1) is 18.4. The summed E-state index contributed by atoms with van der Waals surface area (Å²) in [7, 11) is 1.59. The van der Waals surface area contributed by atoms with Crippen LogP contribution in [0.5, 0.6) is 6.01 Å². The lowest BCUT2D eigenvalue weighted by molar-refractivity contribution is 0.376. The van der Waals surface area contributed by atoms with Gasteiger partial charge in [0.1, 0.15) is 5.52 Å². The van der Waals surface area contributed by atoms with Gasteiger partial charge in [0.2, 0.25) is 0 Å². The number of pyridine rings is 2. The van der Waals surface area contributed by atoms with Crippen LogP contribution >= 0.6 is 0 Å². The van der Waals surface area contributed by atoms with Gasteiger partial charge < -0.3 is 4.74 Å². The van der Waals surface area contributed by atoms with Crippen molar-refractivity contribution in [1.29, 1.82) is 5.26 Å². The van der Waals surface area contributed by atoms with Gasteiger partial charge in [-0.1, -0.05) is 11.8 Å². The fourth-order valence-corrected chi connectivity index (χ4v) is 3.45. The molecule has 0 amide bonds. The van der Waals surface area contributed by atoms with Crippen molar-refractivity contribution in [3.63, 3.8) is 0 Å². The van der Waals surface area contributed by atoms with Crippen molar-refractivity contribution in [2.45, 2.75) is 0 Å². The summed E-state index contributed by atoms with van der Waals surface area (Å²) in [4.78, 5) is 13.2. The number of hydrogen-bond acceptors (Lipinski definition) is 5. The first-order valence-corrected chi connectivity index (χ1v) is 9.54. The van der Waals surface area contributed by atoms with Crippen molar-refractivity contribution in [2.75, 3.05) is 7.11 Å². The molecule has 0 atom stereocenters. The number of hydrogen-bond donors (Lipinski definition) is 0. The SMILES string of the molecule is COc1nc2cnc3ccc(C#Cc4cccnc4)cc3c2n1-c1ccc(C#N)cc1. The number of fused-ring (bicyclic) bond motifs is 3. The zero-order valence-electron chi connectivity index (χ0n) is 16.6. The molecule has 0 fully saturated rings. The zero-order chi connectivity index (χ0) is 21.2. The second-order valence-electron chi connectivity index (χ2n) is 6.81. The van der Waals surface area contributed by atoms with Gasteiger partial charge in [0.05, 0.1) is 41.7 Å². The normalized spacial score (nSPS) is 10.5. The van der Waals surface area contributed by atoms with E-state index in [-0.39, 0.29) is 0 Å². The number of aromatic nitrogens is 4. The Morgan fingerprint density at radius 2 is 1.71 bits per heavy atom. The molecular weight excluding hydrogens is 386 g/mol. The van der Waals surface area contributed by atoms with Gasteiger partial charge in [-0.3, -0.25) is 14.5 Å². The van der Waals surface area contributed by atoms with Crippen LogP contribution < -0.4 is 4.74 Å². The Balaban J connectivity index is 1.73. The number of rotatable bonds is 2. The van der Waals surface area contributed by atoms with E-state index in [4.69, 9.17) is 10.00 Å². The summed E-state index contributed by atoms with van der Waals surface area (Å²) in [5.41, 5.74) is 5.56. The first-order chi connectivity index (χ1) is 15.3. The van der Waals surface area contributed by atoms with E-state index in [1.165, 1.54) is 0 Å². The van der Waals surface area contributed by atoms with Crippen molar-refractivity contribution in [1.82, 2.24) is 19.5 Å². The first-order valence-electron chi connectivity index (χ1n) is 9.54. The lowest BCUT2D eigenvalue weighted by Crippen LogP contribution is -1.99. The molecule has 0 bridgehead atoms. The van der Waals surface area contributed by atoms with Gasteiger partial charge in [-0.2, -0.15) is 10.2 Å². The van der Waals surface area contributed by atoms with Crippen LogP contribution in [-0.2, 0) is 0 Å². The van der Waals surface area contributed by atoms with E-state index in [1.54, 1.807) is 37.8 Å². The largest absolute Gasteiger partial charge is 0.468 e. The van der Waals surface area contributed by atoms with Gasteiger partial charge in [-0.05, 0) is 54.6 Å². The molecule has 0 unspecified atom stereocenters. The minimum Gasteiger partial charge on any atom is -0.468 e. The Morgan fingerprint density at radius 1 is 0.903 bits per heavy atom. The van der Waals surface area contributed by atoms with Gasteiger partial charge in [-0.25, -0.2) is 0 Å². The molecular formula is C25H15N5O. The number of benzene rings is 2. The molecule has 0 N–H and O–H groups in total. The Morgan fingerprint density at radius 3 is 2.45 bits per heavy atom. The molecule has 0 aliphatic carbocycles. The third kappa shape index (κ3) is 3.33. The predicted octanol–water partition coefficient (Wildman–Crippen LogP) is 4.25. The van der Waals surface area contributed by atoms with Gasteiger partial charge in [0.15, 0.2) is 0 Å². The van der Waals surface area contributed by atoms with Crippen LogP contribution in [0.1, 0.15) is 16.7 Å². The van der Waals surface area contributed by atoms with Crippen LogP contribution in [0.4, 0.5) is 0 Å². The highest BCUT2D eigenvalue weighted by Gasteiger charge is 2.16. The molecule has 0 aliphatic heterocycles. The molecule has 0 saturated carbocycles. The van der Waals surface area contributed by atoms with E-state index in [0.29, 0.717) is 17.1 Å². The minimum absolute atomic E-state index is 0.445. The Hall–Kier alpha value is -4.68. The highest BCUT2D eigenvalue weighted by Crippen LogP contribution is 2.31. The third-order valence-electron chi connectivity index (χ3n) is 4.90. The molecule has 6 heteroatoms. The number of imidazole rings is 1. The molecule has 146 valence electrons. The zero-order valence-corrected chi connectivity index (χ0v) is 16.6. The molecule has 6 nitrogen and oxygen atoms in total. The second-order valence-corrected chi connectivity index (χ2v) is 6.81. The molecule has 5 aromatic rings. The van der Waals surface area contributed by atoms with E-state index < -0.39 is 0 Å². The number of nitriles is 1. The molecule has 5 rings (SSSR count). The quantitative estimate of drug-likeness (QED) is 0.413. The number of nitrogens with zero attached hydrogens (tertiary/aromatic N) is 5.